The van der Waals surface area contributed by atoms with E-state index in [0.717, 1.165) is 17.3 Å². The molecule has 2 rings (SSSR count). The molecule has 2 N–H and O–H groups in total. The van der Waals surface area contributed by atoms with Gasteiger partial charge in [0.25, 0.3) is 11.8 Å². The second-order valence-electron chi connectivity index (χ2n) is 5.93. The lowest BCUT2D eigenvalue weighted by atomic mass is 10.1. The molecule has 0 aromatic heterocycles. The van der Waals surface area contributed by atoms with E-state index in [-0.39, 0.29) is 6.61 Å². The van der Waals surface area contributed by atoms with E-state index in [2.05, 4.69) is 15.8 Å². The third-order valence-corrected chi connectivity index (χ3v) is 3.75. The van der Waals surface area contributed by atoms with Crippen molar-refractivity contribution in [3.05, 3.63) is 47.5 Å². The van der Waals surface area contributed by atoms with Crippen molar-refractivity contribution < 1.29 is 23.9 Å². The summed E-state index contributed by atoms with van der Waals surface area (Å²) in [6.45, 7) is 3.53. The van der Waals surface area contributed by atoms with Crippen molar-refractivity contribution in [3.63, 3.8) is 0 Å². The van der Waals surface area contributed by atoms with Crippen LogP contribution in [0, 0.1) is 13.8 Å². The van der Waals surface area contributed by atoms with Gasteiger partial charge in [0.15, 0.2) is 18.1 Å². The summed E-state index contributed by atoms with van der Waals surface area (Å²) in [5.74, 6) is 0.157. The third kappa shape index (κ3) is 6.01. The van der Waals surface area contributed by atoms with Crippen molar-refractivity contribution in [1.29, 1.82) is 0 Å². The van der Waals surface area contributed by atoms with E-state index in [4.69, 9.17) is 14.3 Å². The van der Waals surface area contributed by atoms with E-state index in [1.165, 1.54) is 14.2 Å². The minimum absolute atomic E-state index is 0.346. The third-order valence-electron chi connectivity index (χ3n) is 3.75. The first-order valence-corrected chi connectivity index (χ1v) is 8.48. The van der Waals surface area contributed by atoms with Gasteiger partial charge in [0, 0.05) is 17.4 Å². The Labute approximate surface area is 163 Å². The molecular weight excluding hydrogens is 362 g/mol. The lowest BCUT2D eigenvalue weighted by Crippen LogP contribution is -2.18. The summed E-state index contributed by atoms with van der Waals surface area (Å²) in [6, 6.07) is 10.6. The van der Waals surface area contributed by atoms with Crippen LogP contribution in [0.2, 0.25) is 0 Å². The molecule has 2 aromatic carbocycles. The van der Waals surface area contributed by atoms with Gasteiger partial charge in [0.2, 0.25) is 0 Å². The van der Waals surface area contributed by atoms with Gasteiger partial charge in [0.1, 0.15) is 6.21 Å². The number of benzene rings is 2. The van der Waals surface area contributed by atoms with Crippen molar-refractivity contribution in [2.24, 2.45) is 5.16 Å². The number of hydrogen-bond donors (Lipinski definition) is 2. The van der Waals surface area contributed by atoms with Crippen LogP contribution in [-0.2, 0) is 14.4 Å². The van der Waals surface area contributed by atoms with Gasteiger partial charge in [-0.25, -0.2) is 0 Å². The number of nitrogens with zero attached hydrogens (tertiary/aromatic N) is 1. The molecule has 0 fully saturated rings. The van der Waals surface area contributed by atoms with Crippen LogP contribution in [0.3, 0.4) is 0 Å². The number of nitrogens with one attached hydrogen (secondary N) is 2. The average Bonchev–Trinajstić information content (AvgIpc) is 2.67. The van der Waals surface area contributed by atoms with Crippen LogP contribution in [0.1, 0.15) is 11.1 Å². The van der Waals surface area contributed by atoms with Crippen LogP contribution in [0.25, 0.3) is 0 Å². The Bertz CT molecular complexity index is 880. The zero-order valence-electron chi connectivity index (χ0n) is 16.2. The van der Waals surface area contributed by atoms with Crippen molar-refractivity contribution in [2.45, 2.75) is 13.8 Å². The molecule has 0 radical (unpaired) electrons. The Kier molecular flexibility index (Phi) is 7.38. The molecule has 8 nitrogen and oxygen atoms in total. The quantitative estimate of drug-likeness (QED) is 0.538. The normalized spacial score (nSPS) is 10.4. The van der Waals surface area contributed by atoms with Gasteiger partial charge >= 0.3 is 0 Å². The van der Waals surface area contributed by atoms with Gasteiger partial charge in [0.05, 0.1) is 14.2 Å². The van der Waals surface area contributed by atoms with Gasteiger partial charge in [-0.2, -0.15) is 0 Å². The number of hydrogen-bond acceptors (Lipinski definition) is 6. The first-order chi connectivity index (χ1) is 13.4. The molecule has 2 aromatic rings. The number of oxime groups is 1. The topological polar surface area (TPSA) is 98.3 Å². The van der Waals surface area contributed by atoms with Gasteiger partial charge in [-0.15, -0.1) is 0 Å². The number of anilines is 2. The minimum atomic E-state index is -0.452. The smallest absolute Gasteiger partial charge is 0.270 e. The highest BCUT2D eigenvalue weighted by Gasteiger charge is 2.08. The Morgan fingerprint density at radius 2 is 1.75 bits per heavy atom. The molecule has 0 saturated heterocycles. The maximum absolute atomic E-state index is 11.9. The molecule has 8 heteroatoms. The molecular formula is C20H23N3O5. The fraction of sp³-hybridized carbons (Fsp3) is 0.250. The molecule has 148 valence electrons. The summed E-state index contributed by atoms with van der Waals surface area (Å²) >= 11 is 0. The standard InChI is InChI=1S/C20H23N3O5/c1-13-5-7-16(14(2)9-13)23-19(24)11-21-28-12-20(25)22-15-6-8-17(26-3)18(10-15)27-4/h5-11H,12H2,1-4H3,(H,22,25)(H,23,24)/b21-11-. The number of carbonyl (C=O) groups is 2. The van der Waals surface area contributed by atoms with Gasteiger partial charge in [-0.1, -0.05) is 22.9 Å². The molecule has 0 atom stereocenters. The largest absolute Gasteiger partial charge is 0.493 e. The highest BCUT2D eigenvalue weighted by atomic mass is 16.6. The summed E-state index contributed by atoms with van der Waals surface area (Å²) in [5, 5.41) is 8.84. The van der Waals surface area contributed by atoms with Crippen molar-refractivity contribution in [3.8, 4) is 11.5 Å². The summed E-state index contributed by atoms with van der Waals surface area (Å²) in [5.41, 5.74) is 3.25. The zero-order valence-corrected chi connectivity index (χ0v) is 16.2. The molecule has 0 bridgehead atoms. The van der Waals surface area contributed by atoms with Crippen molar-refractivity contribution in [1.82, 2.24) is 0 Å². The summed E-state index contributed by atoms with van der Waals surface area (Å²) in [6.07, 6.45) is 0.975. The molecule has 0 unspecified atom stereocenters. The van der Waals surface area contributed by atoms with Gasteiger partial charge in [-0.3, -0.25) is 9.59 Å². The number of aryl methyl sites for hydroxylation is 2. The Balaban J connectivity index is 1.80. The van der Waals surface area contributed by atoms with Crippen LogP contribution >= 0.6 is 0 Å². The molecule has 0 saturated carbocycles. The molecule has 0 spiro atoms. The van der Waals surface area contributed by atoms with Crippen molar-refractivity contribution in [2.75, 3.05) is 31.5 Å². The maximum Gasteiger partial charge on any atom is 0.270 e. The lowest BCUT2D eigenvalue weighted by molar-refractivity contribution is -0.120. The lowest BCUT2D eigenvalue weighted by Gasteiger charge is -2.10. The van der Waals surface area contributed by atoms with Crippen LogP contribution in [0.4, 0.5) is 11.4 Å². The van der Waals surface area contributed by atoms with Crippen molar-refractivity contribution >= 4 is 29.4 Å². The zero-order chi connectivity index (χ0) is 20.5. The maximum atomic E-state index is 11.9. The predicted octanol–water partition coefficient (Wildman–Crippen LogP) is 2.90. The number of carbonyl (C=O) groups excluding carboxylic acids is 2. The SMILES string of the molecule is COc1ccc(NC(=O)CO/N=C\C(=O)Nc2ccc(C)cc2C)cc1OC. The van der Waals surface area contributed by atoms with E-state index < -0.39 is 11.8 Å². The summed E-state index contributed by atoms with van der Waals surface area (Å²) in [7, 11) is 3.03. The molecule has 2 amide bonds. The van der Waals surface area contributed by atoms with Gasteiger partial charge in [-0.05, 0) is 37.6 Å². The monoisotopic (exact) mass is 385 g/mol. The second kappa shape index (κ2) is 9.96. The first-order valence-electron chi connectivity index (χ1n) is 8.48. The highest BCUT2D eigenvalue weighted by molar-refractivity contribution is 6.31. The molecule has 0 aliphatic heterocycles. The summed E-state index contributed by atoms with van der Waals surface area (Å²) in [4.78, 5) is 28.6. The van der Waals surface area contributed by atoms with Crippen LogP contribution < -0.4 is 20.1 Å². The second-order valence-corrected chi connectivity index (χ2v) is 5.93. The van der Waals surface area contributed by atoms with E-state index in [9.17, 15) is 9.59 Å². The Hall–Kier alpha value is -3.55. The fourth-order valence-electron chi connectivity index (χ4n) is 2.41. The fourth-order valence-corrected chi connectivity index (χ4v) is 2.41. The van der Waals surface area contributed by atoms with Crippen LogP contribution in [0.15, 0.2) is 41.6 Å². The van der Waals surface area contributed by atoms with E-state index in [1.54, 1.807) is 18.2 Å². The number of amides is 2. The number of rotatable bonds is 8. The van der Waals surface area contributed by atoms with E-state index in [0.29, 0.717) is 22.9 Å². The first kappa shape index (κ1) is 20.8. The van der Waals surface area contributed by atoms with E-state index in [1.807, 2.05) is 32.0 Å². The molecule has 0 aliphatic rings. The minimum Gasteiger partial charge on any atom is -0.493 e. The Morgan fingerprint density at radius 1 is 1.00 bits per heavy atom. The van der Waals surface area contributed by atoms with Crippen LogP contribution in [-0.4, -0.2) is 38.9 Å². The molecule has 0 aliphatic carbocycles. The number of ether oxygens (including phenoxy) is 2. The van der Waals surface area contributed by atoms with E-state index >= 15 is 0 Å². The Morgan fingerprint density at radius 3 is 2.43 bits per heavy atom. The van der Waals surface area contributed by atoms with Gasteiger partial charge < -0.3 is 24.9 Å². The molecule has 0 heterocycles. The van der Waals surface area contributed by atoms with Crippen LogP contribution in [0.5, 0.6) is 11.5 Å². The molecule has 28 heavy (non-hydrogen) atoms. The summed E-state index contributed by atoms with van der Waals surface area (Å²) < 4.78 is 10.3. The number of methoxy groups -OCH3 is 2. The highest BCUT2D eigenvalue weighted by Crippen LogP contribution is 2.29. The average molecular weight is 385 g/mol. The predicted molar refractivity (Wildman–Crippen MR) is 107 cm³/mol.